The standard InChI is InChI=1S/C17H26N2O3/c1-13(15-9-5-6-10-18-15)21-14-8-7-11-19(12-14)16(20)22-17(2,3)4/h5-6,9-10,13-14H,7-8,11-12H2,1-4H3/t13-,14-/m1/s1. The van der Waals surface area contributed by atoms with E-state index in [0.717, 1.165) is 25.1 Å². The molecule has 122 valence electrons. The van der Waals surface area contributed by atoms with E-state index in [-0.39, 0.29) is 18.3 Å². The molecular formula is C17H26N2O3. The fourth-order valence-corrected chi connectivity index (χ4v) is 2.52. The normalized spacial score (nSPS) is 20.5. The third-order valence-corrected chi connectivity index (χ3v) is 3.53. The van der Waals surface area contributed by atoms with Crippen LogP contribution in [-0.2, 0) is 9.47 Å². The first-order chi connectivity index (χ1) is 10.3. The van der Waals surface area contributed by atoms with Crippen molar-refractivity contribution in [2.45, 2.75) is 58.3 Å². The van der Waals surface area contributed by atoms with Crippen molar-refractivity contribution in [1.82, 2.24) is 9.88 Å². The van der Waals surface area contributed by atoms with Crippen LogP contribution in [0.3, 0.4) is 0 Å². The average Bonchev–Trinajstić information content (AvgIpc) is 2.46. The first-order valence-electron chi connectivity index (χ1n) is 7.89. The van der Waals surface area contributed by atoms with E-state index in [0.29, 0.717) is 6.54 Å². The summed E-state index contributed by atoms with van der Waals surface area (Å²) in [5, 5.41) is 0. The van der Waals surface area contributed by atoms with Crippen LogP contribution in [0.2, 0.25) is 0 Å². The van der Waals surface area contributed by atoms with E-state index in [1.165, 1.54) is 0 Å². The van der Waals surface area contributed by atoms with Crippen molar-refractivity contribution in [3.63, 3.8) is 0 Å². The maximum absolute atomic E-state index is 12.2. The highest BCUT2D eigenvalue weighted by Gasteiger charge is 2.29. The zero-order valence-corrected chi connectivity index (χ0v) is 13.9. The van der Waals surface area contributed by atoms with Crippen LogP contribution in [-0.4, -0.2) is 40.8 Å². The quantitative estimate of drug-likeness (QED) is 0.857. The topological polar surface area (TPSA) is 51.7 Å². The molecule has 0 unspecified atom stereocenters. The minimum absolute atomic E-state index is 0.0262. The lowest BCUT2D eigenvalue weighted by Crippen LogP contribution is -2.45. The van der Waals surface area contributed by atoms with Crippen LogP contribution < -0.4 is 0 Å². The molecule has 1 amide bonds. The van der Waals surface area contributed by atoms with Crippen molar-refractivity contribution >= 4 is 6.09 Å². The number of hydrogen-bond donors (Lipinski definition) is 0. The van der Waals surface area contributed by atoms with E-state index < -0.39 is 5.60 Å². The lowest BCUT2D eigenvalue weighted by Gasteiger charge is -2.35. The SMILES string of the molecule is C[C@@H](O[C@@H]1CCCN(C(=O)OC(C)(C)C)C1)c1ccccn1. The van der Waals surface area contributed by atoms with Gasteiger partial charge in [-0.05, 0) is 52.7 Å². The molecule has 0 saturated carbocycles. The zero-order chi connectivity index (χ0) is 16.2. The molecule has 0 aromatic carbocycles. The number of pyridine rings is 1. The number of likely N-dealkylation sites (tertiary alicyclic amines) is 1. The second kappa shape index (κ2) is 7.09. The molecule has 0 aliphatic carbocycles. The highest BCUT2D eigenvalue weighted by molar-refractivity contribution is 5.68. The van der Waals surface area contributed by atoms with E-state index in [4.69, 9.17) is 9.47 Å². The van der Waals surface area contributed by atoms with Gasteiger partial charge in [-0.25, -0.2) is 4.79 Å². The Balaban J connectivity index is 1.89. The molecule has 22 heavy (non-hydrogen) atoms. The highest BCUT2D eigenvalue weighted by atomic mass is 16.6. The van der Waals surface area contributed by atoms with E-state index in [2.05, 4.69) is 4.98 Å². The maximum atomic E-state index is 12.2. The molecule has 0 radical (unpaired) electrons. The highest BCUT2D eigenvalue weighted by Crippen LogP contribution is 2.22. The third-order valence-electron chi connectivity index (χ3n) is 3.53. The molecule has 1 saturated heterocycles. The van der Waals surface area contributed by atoms with Crippen LogP contribution in [0.1, 0.15) is 52.3 Å². The van der Waals surface area contributed by atoms with Crippen molar-refractivity contribution in [1.29, 1.82) is 0 Å². The van der Waals surface area contributed by atoms with Crippen LogP contribution in [0.5, 0.6) is 0 Å². The van der Waals surface area contributed by atoms with Crippen LogP contribution >= 0.6 is 0 Å². The van der Waals surface area contributed by atoms with Gasteiger partial charge in [0.15, 0.2) is 0 Å². The average molecular weight is 306 g/mol. The number of amides is 1. The van der Waals surface area contributed by atoms with Crippen LogP contribution in [0, 0.1) is 0 Å². The number of nitrogens with zero attached hydrogens (tertiary/aromatic N) is 2. The van der Waals surface area contributed by atoms with Crippen molar-refractivity contribution in [2.24, 2.45) is 0 Å². The number of ether oxygens (including phenoxy) is 2. The molecule has 5 heteroatoms. The summed E-state index contributed by atoms with van der Waals surface area (Å²) in [6, 6.07) is 5.80. The number of aromatic nitrogens is 1. The minimum atomic E-state index is -0.466. The summed E-state index contributed by atoms with van der Waals surface area (Å²) >= 11 is 0. The lowest BCUT2D eigenvalue weighted by molar-refractivity contribution is -0.0497. The van der Waals surface area contributed by atoms with Gasteiger partial charge in [-0.15, -0.1) is 0 Å². The van der Waals surface area contributed by atoms with Crippen molar-refractivity contribution in [3.8, 4) is 0 Å². The summed E-state index contributed by atoms with van der Waals surface area (Å²) in [7, 11) is 0. The van der Waals surface area contributed by atoms with Crippen molar-refractivity contribution in [2.75, 3.05) is 13.1 Å². The summed E-state index contributed by atoms with van der Waals surface area (Å²) in [5.74, 6) is 0. The molecule has 0 spiro atoms. The maximum Gasteiger partial charge on any atom is 0.410 e. The Labute approximate surface area is 132 Å². The van der Waals surface area contributed by atoms with Gasteiger partial charge in [0.2, 0.25) is 0 Å². The number of rotatable bonds is 3. The van der Waals surface area contributed by atoms with Crippen LogP contribution in [0.25, 0.3) is 0 Å². The van der Waals surface area contributed by atoms with E-state index in [9.17, 15) is 4.79 Å². The summed E-state index contributed by atoms with van der Waals surface area (Å²) in [6.45, 7) is 8.94. The first kappa shape index (κ1) is 16.7. The van der Waals surface area contributed by atoms with Gasteiger partial charge in [0.1, 0.15) is 5.60 Å². The second-order valence-electron chi connectivity index (χ2n) is 6.72. The number of carbonyl (C=O) groups excluding carboxylic acids is 1. The van der Waals surface area contributed by atoms with Crippen LogP contribution in [0.4, 0.5) is 4.79 Å². The van der Waals surface area contributed by atoms with E-state index >= 15 is 0 Å². The van der Waals surface area contributed by atoms with Crippen molar-refractivity contribution < 1.29 is 14.3 Å². The summed E-state index contributed by atoms with van der Waals surface area (Å²) in [4.78, 5) is 18.2. The number of carbonyl (C=O) groups is 1. The van der Waals surface area contributed by atoms with Gasteiger partial charge in [-0.3, -0.25) is 4.98 Å². The molecule has 0 N–H and O–H groups in total. The molecule has 1 aromatic rings. The molecule has 2 heterocycles. The van der Waals surface area contributed by atoms with Gasteiger partial charge in [0, 0.05) is 12.7 Å². The molecular weight excluding hydrogens is 280 g/mol. The Bertz CT molecular complexity index is 484. The Morgan fingerprint density at radius 1 is 1.41 bits per heavy atom. The second-order valence-corrected chi connectivity index (χ2v) is 6.72. The zero-order valence-electron chi connectivity index (χ0n) is 13.9. The van der Waals surface area contributed by atoms with Gasteiger partial charge in [-0.2, -0.15) is 0 Å². The molecule has 1 aliphatic rings. The number of hydrogen-bond acceptors (Lipinski definition) is 4. The van der Waals surface area contributed by atoms with Gasteiger partial charge >= 0.3 is 6.09 Å². The minimum Gasteiger partial charge on any atom is -0.444 e. The predicted octanol–water partition coefficient (Wildman–Crippen LogP) is 3.56. The molecule has 1 fully saturated rings. The summed E-state index contributed by atoms with van der Waals surface area (Å²) in [5.41, 5.74) is 0.448. The summed E-state index contributed by atoms with van der Waals surface area (Å²) in [6.07, 6.45) is 3.34. The van der Waals surface area contributed by atoms with Gasteiger partial charge < -0.3 is 14.4 Å². The third kappa shape index (κ3) is 4.98. The van der Waals surface area contributed by atoms with E-state index in [1.54, 1.807) is 11.1 Å². The monoisotopic (exact) mass is 306 g/mol. The number of piperidine rings is 1. The Hall–Kier alpha value is -1.62. The molecule has 0 bridgehead atoms. The van der Waals surface area contributed by atoms with E-state index in [1.807, 2.05) is 45.9 Å². The largest absolute Gasteiger partial charge is 0.444 e. The van der Waals surface area contributed by atoms with Gasteiger partial charge in [-0.1, -0.05) is 6.07 Å². The Kier molecular flexibility index (Phi) is 5.40. The fraction of sp³-hybridized carbons (Fsp3) is 0.647. The molecule has 5 nitrogen and oxygen atoms in total. The Morgan fingerprint density at radius 3 is 2.82 bits per heavy atom. The fourth-order valence-electron chi connectivity index (χ4n) is 2.52. The van der Waals surface area contributed by atoms with Gasteiger partial charge in [0.05, 0.1) is 24.4 Å². The van der Waals surface area contributed by atoms with Crippen molar-refractivity contribution in [3.05, 3.63) is 30.1 Å². The predicted molar refractivity (Wildman–Crippen MR) is 84.6 cm³/mol. The molecule has 2 rings (SSSR count). The summed E-state index contributed by atoms with van der Waals surface area (Å²) < 4.78 is 11.5. The van der Waals surface area contributed by atoms with Crippen LogP contribution in [0.15, 0.2) is 24.4 Å². The molecule has 1 aliphatic heterocycles. The molecule has 1 aromatic heterocycles. The first-order valence-corrected chi connectivity index (χ1v) is 7.89. The molecule has 2 atom stereocenters. The Morgan fingerprint density at radius 2 is 2.18 bits per heavy atom. The van der Waals surface area contributed by atoms with Gasteiger partial charge in [0.25, 0.3) is 0 Å². The smallest absolute Gasteiger partial charge is 0.410 e. The lowest BCUT2D eigenvalue weighted by atomic mass is 10.1.